The van der Waals surface area contributed by atoms with Crippen LogP contribution >= 0.6 is 0 Å². The molecule has 0 bridgehead atoms. The number of ether oxygens (including phenoxy) is 2. The summed E-state index contributed by atoms with van der Waals surface area (Å²) in [4.78, 5) is 37.9. The number of amides is 1. The summed E-state index contributed by atoms with van der Waals surface area (Å²) in [6.07, 6.45) is 0.450. The summed E-state index contributed by atoms with van der Waals surface area (Å²) in [6.45, 7) is 2.27. The first-order valence-corrected chi connectivity index (χ1v) is 10.0. The lowest BCUT2D eigenvalue weighted by atomic mass is 9.88. The Labute approximate surface area is 182 Å². The van der Waals surface area contributed by atoms with Crippen molar-refractivity contribution in [2.45, 2.75) is 19.8 Å². The molecule has 2 aromatic carbocycles. The lowest BCUT2D eigenvalue weighted by Crippen LogP contribution is -2.40. The van der Waals surface area contributed by atoms with Gasteiger partial charge in [-0.15, -0.1) is 0 Å². The molecule has 1 heterocycles. The Balaban J connectivity index is 1.79. The summed E-state index contributed by atoms with van der Waals surface area (Å²) in [7, 11) is 1.34. The number of hydrogen-bond acceptors (Lipinski definition) is 6. The van der Waals surface area contributed by atoms with E-state index in [0.29, 0.717) is 0 Å². The molecule has 3 rings (SSSR count). The van der Waals surface area contributed by atoms with Crippen LogP contribution in [-0.2, 0) is 0 Å². The molecule has 1 fully saturated rings. The van der Waals surface area contributed by atoms with Gasteiger partial charge in [0.25, 0.3) is 11.6 Å². The number of nitro groups is 1. The molecule has 32 heavy (non-hydrogen) atoms. The van der Waals surface area contributed by atoms with Gasteiger partial charge in [-0.25, -0.2) is 8.78 Å². The first kappa shape index (κ1) is 23.1. The third-order valence-corrected chi connectivity index (χ3v) is 5.36. The third kappa shape index (κ3) is 4.68. The highest BCUT2D eigenvalue weighted by Gasteiger charge is 2.33. The highest BCUT2D eigenvalue weighted by molar-refractivity contribution is 6.00. The predicted octanol–water partition coefficient (Wildman–Crippen LogP) is 4.02. The average molecular weight is 448 g/mol. The molecule has 0 aliphatic carbocycles. The molecule has 1 saturated heterocycles. The smallest absolute Gasteiger partial charge is 0.286 e. The standard InChI is InChI=1S/C22H22F2N2O6/c1-3-32-20-11-16(18(26(29)30)12-19(20)31-2)22(28)25-8-6-13(7-9-25)21(27)15-10-14(23)4-5-17(15)24/h4-5,10-13H,3,6-9H2,1-2H3. The van der Waals surface area contributed by atoms with E-state index in [1.54, 1.807) is 6.92 Å². The number of nitrogens with zero attached hydrogens (tertiary/aromatic N) is 2. The van der Waals surface area contributed by atoms with Gasteiger partial charge in [0, 0.05) is 25.1 Å². The lowest BCUT2D eigenvalue weighted by Gasteiger charge is -2.31. The van der Waals surface area contributed by atoms with Crippen LogP contribution in [0.25, 0.3) is 0 Å². The summed E-state index contributed by atoms with van der Waals surface area (Å²) in [5.74, 6) is -2.86. The van der Waals surface area contributed by atoms with E-state index >= 15 is 0 Å². The second-order valence-electron chi connectivity index (χ2n) is 7.27. The number of ketones is 1. The number of rotatable bonds is 7. The van der Waals surface area contributed by atoms with Crippen molar-refractivity contribution in [3.63, 3.8) is 0 Å². The van der Waals surface area contributed by atoms with Gasteiger partial charge in [0.2, 0.25) is 0 Å². The first-order chi connectivity index (χ1) is 15.3. The fourth-order valence-corrected chi connectivity index (χ4v) is 3.72. The topological polar surface area (TPSA) is 99.0 Å². The van der Waals surface area contributed by atoms with Crippen molar-refractivity contribution in [1.29, 1.82) is 0 Å². The van der Waals surface area contributed by atoms with Crippen molar-refractivity contribution in [2.75, 3.05) is 26.8 Å². The maximum absolute atomic E-state index is 13.9. The van der Waals surface area contributed by atoms with Crippen LogP contribution in [0.5, 0.6) is 11.5 Å². The van der Waals surface area contributed by atoms with Gasteiger partial charge in [-0.2, -0.15) is 0 Å². The van der Waals surface area contributed by atoms with E-state index in [0.717, 1.165) is 24.3 Å². The Hall–Kier alpha value is -3.56. The Bertz CT molecular complexity index is 1050. The number of carbonyl (C=O) groups excluding carboxylic acids is 2. The molecule has 0 spiro atoms. The number of carbonyl (C=O) groups is 2. The van der Waals surface area contributed by atoms with Gasteiger partial charge >= 0.3 is 0 Å². The zero-order valence-electron chi connectivity index (χ0n) is 17.6. The molecule has 0 atom stereocenters. The van der Waals surface area contributed by atoms with Crippen LogP contribution in [0.15, 0.2) is 30.3 Å². The van der Waals surface area contributed by atoms with Crippen LogP contribution < -0.4 is 9.47 Å². The zero-order chi connectivity index (χ0) is 23.4. The van der Waals surface area contributed by atoms with Gasteiger partial charge in [0.15, 0.2) is 17.3 Å². The maximum Gasteiger partial charge on any atom is 0.286 e. The predicted molar refractivity (Wildman–Crippen MR) is 110 cm³/mol. The van der Waals surface area contributed by atoms with Gasteiger partial charge < -0.3 is 14.4 Å². The molecular weight excluding hydrogens is 426 g/mol. The van der Waals surface area contributed by atoms with E-state index in [1.165, 1.54) is 18.1 Å². The monoisotopic (exact) mass is 448 g/mol. The minimum Gasteiger partial charge on any atom is -0.493 e. The van der Waals surface area contributed by atoms with E-state index in [1.807, 2.05) is 0 Å². The lowest BCUT2D eigenvalue weighted by molar-refractivity contribution is -0.385. The highest BCUT2D eigenvalue weighted by Crippen LogP contribution is 2.36. The van der Waals surface area contributed by atoms with Crippen LogP contribution in [0.4, 0.5) is 14.5 Å². The zero-order valence-corrected chi connectivity index (χ0v) is 17.6. The molecule has 0 N–H and O–H groups in total. The Morgan fingerprint density at radius 1 is 1.12 bits per heavy atom. The van der Waals surface area contributed by atoms with Crippen LogP contribution in [0.1, 0.15) is 40.5 Å². The van der Waals surface area contributed by atoms with Crippen LogP contribution in [0.2, 0.25) is 0 Å². The second-order valence-corrected chi connectivity index (χ2v) is 7.27. The summed E-state index contributed by atoms with van der Waals surface area (Å²) in [5, 5.41) is 11.5. The number of benzene rings is 2. The maximum atomic E-state index is 13.9. The van der Waals surface area contributed by atoms with Crippen LogP contribution in [-0.4, -0.2) is 48.3 Å². The van der Waals surface area contributed by atoms with Crippen molar-refractivity contribution in [3.05, 3.63) is 63.2 Å². The molecule has 1 aliphatic heterocycles. The number of halogens is 2. The molecule has 10 heteroatoms. The van der Waals surface area contributed by atoms with E-state index < -0.39 is 39.9 Å². The normalized spacial score (nSPS) is 14.2. The largest absolute Gasteiger partial charge is 0.493 e. The number of nitro benzene ring substituents is 1. The van der Waals surface area contributed by atoms with Crippen molar-refractivity contribution >= 4 is 17.4 Å². The van der Waals surface area contributed by atoms with E-state index in [4.69, 9.17) is 9.47 Å². The fraction of sp³-hybridized carbons (Fsp3) is 0.364. The average Bonchev–Trinajstić information content (AvgIpc) is 2.79. The molecule has 2 aromatic rings. The highest BCUT2D eigenvalue weighted by atomic mass is 19.1. The van der Waals surface area contributed by atoms with Crippen molar-refractivity contribution in [2.24, 2.45) is 5.92 Å². The number of Topliss-reactive ketones (excluding diaryl/α,β-unsaturated/α-hetero) is 1. The number of hydrogen-bond donors (Lipinski definition) is 0. The molecule has 0 unspecified atom stereocenters. The number of likely N-dealkylation sites (tertiary alicyclic amines) is 1. The Morgan fingerprint density at radius 3 is 2.41 bits per heavy atom. The van der Waals surface area contributed by atoms with Gasteiger partial charge in [-0.1, -0.05) is 0 Å². The van der Waals surface area contributed by atoms with Crippen molar-refractivity contribution < 1.29 is 32.8 Å². The molecule has 0 aromatic heterocycles. The minimum atomic E-state index is -0.799. The third-order valence-electron chi connectivity index (χ3n) is 5.36. The van der Waals surface area contributed by atoms with E-state index in [2.05, 4.69) is 0 Å². The molecule has 1 amide bonds. The SMILES string of the molecule is CCOc1cc(C(=O)N2CCC(C(=O)c3cc(F)ccc3F)CC2)c([N+](=O)[O-])cc1OC. The van der Waals surface area contributed by atoms with Gasteiger partial charge in [0.05, 0.1) is 30.3 Å². The fourth-order valence-electron chi connectivity index (χ4n) is 3.72. The molecule has 170 valence electrons. The van der Waals surface area contributed by atoms with Crippen molar-refractivity contribution in [1.82, 2.24) is 4.90 Å². The molecule has 1 aliphatic rings. The van der Waals surface area contributed by atoms with Gasteiger partial charge in [-0.3, -0.25) is 19.7 Å². The molecular formula is C22H22F2N2O6. The minimum absolute atomic E-state index is 0.136. The van der Waals surface area contributed by atoms with Crippen LogP contribution in [0.3, 0.4) is 0 Å². The summed E-state index contributed by atoms with van der Waals surface area (Å²) in [6, 6.07) is 5.13. The quantitative estimate of drug-likeness (QED) is 0.361. The van der Waals surface area contributed by atoms with Crippen molar-refractivity contribution in [3.8, 4) is 11.5 Å². The second kappa shape index (κ2) is 9.71. The number of piperidine rings is 1. The first-order valence-electron chi connectivity index (χ1n) is 10.0. The van der Waals surface area contributed by atoms with E-state index in [-0.39, 0.29) is 55.2 Å². The van der Waals surface area contributed by atoms with Crippen LogP contribution in [0, 0.1) is 27.7 Å². The van der Waals surface area contributed by atoms with Gasteiger partial charge in [-0.05, 0) is 38.0 Å². The van der Waals surface area contributed by atoms with Gasteiger partial charge in [0.1, 0.15) is 17.2 Å². The van der Waals surface area contributed by atoms with E-state index in [9.17, 15) is 28.5 Å². The number of methoxy groups -OCH3 is 1. The molecule has 0 saturated carbocycles. The molecule has 8 nitrogen and oxygen atoms in total. The Morgan fingerprint density at radius 2 is 1.81 bits per heavy atom. The summed E-state index contributed by atoms with van der Waals surface area (Å²) < 4.78 is 37.9. The Kier molecular flexibility index (Phi) is 7.01. The summed E-state index contributed by atoms with van der Waals surface area (Å²) >= 11 is 0. The summed E-state index contributed by atoms with van der Waals surface area (Å²) in [5.41, 5.74) is -0.891. The molecule has 0 radical (unpaired) electrons.